The lowest BCUT2D eigenvalue weighted by atomic mass is 10.1. The Morgan fingerprint density at radius 3 is 2.82 bits per heavy atom. The first-order valence-corrected chi connectivity index (χ1v) is 6.79. The Morgan fingerprint density at radius 2 is 2.00 bits per heavy atom. The number of rotatable bonds is 4. The van der Waals surface area contributed by atoms with Gasteiger partial charge in [0.25, 0.3) is 5.91 Å². The van der Waals surface area contributed by atoms with E-state index in [0.717, 1.165) is 28.7 Å². The van der Waals surface area contributed by atoms with E-state index in [1.165, 1.54) is 6.07 Å². The van der Waals surface area contributed by atoms with Gasteiger partial charge in [0.05, 0.1) is 17.4 Å². The molecule has 3 aromatic rings. The van der Waals surface area contributed by atoms with E-state index < -0.39 is 17.5 Å². The van der Waals surface area contributed by atoms with Gasteiger partial charge in [0.15, 0.2) is 11.6 Å². The van der Waals surface area contributed by atoms with Gasteiger partial charge in [-0.1, -0.05) is 6.07 Å². The Kier molecular flexibility index (Phi) is 3.82. The van der Waals surface area contributed by atoms with E-state index in [1.807, 2.05) is 18.2 Å². The van der Waals surface area contributed by atoms with Crippen LogP contribution in [0.1, 0.15) is 15.9 Å². The SMILES string of the molecule is O=C(NCCc1ccc2nc[nH]c2c1)c1ccc(F)c(F)c1. The summed E-state index contributed by atoms with van der Waals surface area (Å²) in [6.45, 7) is 0.400. The van der Waals surface area contributed by atoms with E-state index >= 15 is 0 Å². The number of nitrogens with zero attached hydrogens (tertiary/aromatic N) is 1. The number of amides is 1. The normalized spacial score (nSPS) is 10.8. The number of carbonyl (C=O) groups excluding carboxylic acids is 1. The summed E-state index contributed by atoms with van der Waals surface area (Å²) in [7, 11) is 0. The maximum absolute atomic E-state index is 13.1. The highest BCUT2D eigenvalue weighted by atomic mass is 19.2. The highest BCUT2D eigenvalue weighted by molar-refractivity contribution is 5.94. The minimum Gasteiger partial charge on any atom is -0.352 e. The molecule has 1 heterocycles. The molecule has 0 fully saturated rings. The number of halogens is 2. The quantitative estimate of drug-likeness (QED) is 0.778. The highest BCUT2D eigenvalue weighted by Crippen LogP contribution is 2.12. The van der Waals surface area contributed by atoms with Crippen molar-refractivity contribution in [2.24, 2.45) is 0 Å². The molecule has 0 unspecified atom stereocenters. The van der Waals surface area contributed by atoms with Crippen LogP contribution in [0.5, 0.6) is 0 Å². The van der Waals surface area contributed by atoms with Gasteiger partial charge in [-0.3, -0.25) is 4.79 Å². The van der Waals surface area contributed by atoms with Gasteiger partial charge in [0.2, 0.25) is 0 Å². The number of hydrogen-bond donors (Lipinski definition) is 2. The van der Waals surface area contributed by atoms with Crippen LogP contribution in [0.2, 0.25) is 0 Å². The number of hydrogen-bond acceptors (Lipinski definition) is 2. The summed E-state index contributed by atoms with van der Waals surface area (Å²) in [6.07, 6.45) is 2.25. The molecular formula is C16H13F2N3O. The molecular weight excluding hydrogens is 288 g/mol. The van der Waals surface area contributed by atoms with Gasteiger partial charge < -0.3 is 10.3 Å². The molecule has 4 nitrogen and oxygen atoms in total. The summed E-state index contributed by atoms with van der Waals surface area (Å²) >= 11 is 0. The molecule has 0 aliphatic rings. The number of benzene rings is 2. The zero-order valence-corrected chi connectivity index (χ0v) is 11.6. The monoisotopic (exact) mass is 301 g/mol. The number of nitrogens with one attached hydrogen (secondary N) is 2. The van der Waals surface area contributed by atoms with Crippen LogP contribution in [-0.4, -0.2) is 22.4 Å². The second-order valence-electron chi connectivity index (χ2n) is 4.89. The first-order valence-electron chi connectivity index (χ1n) is 6.79. The van der Waals surface area contributed by atoms with Crippen LogP contribution in [0, 0.1) is 11.6 Å². The van der Waals surface area contributed by atoms with Crippen molar-refractivity contribution in [2.45, 2.75) is 6.42 Å². The van der Waals surface area contributed by atoms with Gasteiger partial charge in [-0.25, -0.2) is 13.8 Å². The molecule has 0 aliphatic heterocycles. The number of aromatic nitrogens is 2. The van der Waals surface area contributed by atoms with E-state index in [-0.39, 0.29) is 5.56 Å². The topological polar surface area (TPSA) is 57.8 Å². The molecule has 0 atom stereocenters. The molecule has 2 aromatic carbocycles. The third kappa shape index (κ3) is 2.95. The molecule has 1 aromatic heterocycles. The highest BCUT2D eigenvalue weighted by Gasteiger charge is 2.09. The van der Waals surface area contributed by atoms with Gasteiger partial charge in [-0.05, 0) is 42.3 Å². The fourth-order valence-corrected chi connectivity index (χ4v) is 2.20. The Morgan fingerprint density at radius 1 is 1.14 bits per heavy atom. The van der Waals surface area contributed by atoms with Crippen molar-refractivity contribution in [2.75, 3.05) is 6.54 Å². The summed E-state index contributed by atoms with van der Waals surface area (Å²) in [6, 6.07) is 8.89. The third-order valence-corrected chi connectivity index (χ3v) is 3.37. The van der Waals surface area contributed by atoms with Crippen LogP contribution in [-0.2, 0) is 6.42 Å². The zero-order valence-electron chi connectivity index (χ0n) is 11.6. The largest absolute Gasteiger partial charge is 0.352 e. The van der Waals surface area contributed by atoms with Crippen molar-refractivity contribution in [1.29, 1.82) is 0 Å². The van der Waals surface area contributed by atoms with Crippen LogP contribution in [0.3, 0.4) is 0 Å². The van der Waals surface area contributed by atoms with Gasteiger partial charge in [-0.15, -0.1) is 0 Å². The lowest BCUT2D eigenvalue weighted by Crippen LogP contribution is -2.25. The van der Waals surface area contributed by atoms with Crippen molar-refractivity contribution >= 4 is 16.9 Å². The first kappa shape index (κ1) is 14.2. The Labute approximate surface area is 125 Å². The van der Waals surface area contributed by atoms with Crippen LogP contribution in [0.4, 0.5) is 8.78 Å². The van der Waals surface area contributed by atoms with Crippen molar-refractivity contribution in [3.63, 3.8) is 0 Å². The average Bonchev–Trinajstić information content (AvgIpc) is 2.97. The predicted octanol–water partition coefficient (Wildman–Crippen LogP) is 2.81. The fourth-order valence-electron chi connectivity index (χ4n) is 2.20. The smallest absolute Gasteiger partial charge is 0.251 e. The summed E-state index contributed by atoms with van der Waals surface area (Å²) in [5.74, 6) is -2.43. The molecule has 1 amide bonds. The van der Waals surface area contributed by atoms with E-state index in [1.54, 1.807) is 6.33 Å². The van der Waals surface area contributed by atoms with Crippen LogP contribution < -0.4 is 5.32 Å². The van der Waals surface area contributed by atoms with E-state index in [2.05, 4.69) is 15.3 Å². The number of imidazole rings is 1. The zero-order chi connectivity index (χ0) is 15.5. The number of H-pyrrole nitrogens is 1. The molecule has 22 heavy (non-hydrogen) atoms. The maximum atomic E-state index is 13.1. The number of carbonyl (C=O) groups is 1. The van der Waals surface area contributed by atoms with Gasteiger partial charge in [-0.2, -0.15) is 0 Å². The van der Waals surface area contributed by atoms with Crippen LogP contribution >= 0.6 is 0 Å². The van der Waals surface area contributed by atoms with Gasteiger partial charge in [0, 0.05) is 12.1 Å². The van der Waals surface area contributed by atoms with Gasteiger partial charge in [0.1, 0.15) is 0 Å². The maximum Gasteiger partial charge on any atom is 0.251 e. The Hall–Kier alpha value is -2.76. The minimum atomic E-state index is -1.03. The average molecular weight is 301 g/mol. The summed E-state index contributed by atoms with van der Waals surface area (Å²) in [5.41, 5.74) is 2.96. The lowest BCUT2D eigenvalue weighted by molar-refractivity contribution is 0.0953. The molecule has 3 rings (SSSR count). The summed E-state index contributed by atoms with van der Waals surface area (Å²) < 4.78 is 25.9. The van der Waals surface area contributed by atoms with Crippen LogP contribution in [0.25, 0.3) is 11.0 Å². The molecule has 2 N–H and O–H groups in total. The van der Waals surface area contributed by atoms with Gasteiger partial charge >= 0.3 is 0 Å². The summed E-state index contributed by atoms with van der Waals surface area (Å²) in [5, 5.41) is 2.68. The molecule has 6 heteroatoms. The van der Waals surface area contributed by atoms with Crippen molar-refractivity contribution in [1.82, 2.24) is 15.3 Å². The van der Waals surface area contributed by atoms with E-state index in [4.69, 9.17) is 0 Å². The summed E-state index contributed by atoms with van der Waals surface area (Å²) in [4.78, 5) is 19.0. The van der Waals surface area contributed by atoms with E-state index in [0.29, 0.717) is 13.0 Å². The van der Waals surface area contributed by atoms with Crippen LogP contribution in [0.15, 0.2) is 42.7 Å². The van der Waals surface area contributed by atoms with Crippen molar-refractivity contribution in [3.8, 4) is 0 Å². The number of fused-ring (bicyclic) bond motifs is 1. The standard InChI is InChI=1S/C16H13F2N3O/c17-12-3-2-11(8-13(12)18)16(22)19-6-5-10-1-4-14-15(7-10)21-9-20-14/h1-4,7-9H,5-6H2,(H,19,22)(H,20,21). The Balaban J connectivity index is 1.59. The molecule has 0 spiro atoms. The molecule has 0 bridgehead atoms. The third-order valence-electron chi connectivity index (χ3n) is 3.37. The van der Waals surface area contributed by atoms with E-state index in [9.17, 15) is 13.6 Å². The second-order valence-corrected chi connectivity index (χ2v) is 4.89. The molecule has 0 radical (unpaired) electrons. The predicted molar refractivity (Wildman–Crippen MR) is 78.5 cm³/mol. The van der Waals surface area contributed by atoms with Crippen molar-refractivity contribution < 1.29 is 13.6 Å². The second kappa shape index (κ2) is 5.93. The lowest BCUT2D eigenvalue weighted by Gasteiger charge is -2.06. The fraction of sp³-hybridized carbons (Fsp3) is 0.125. The van der Waals surface area contributed by atoms with Crippen molar-refractivity contribution in [3.05, 3.63) is 65.5 Å². The minimum absolute atomic E-state index is 0.0999. The first-order chi connectivity index (χ1) is 10.6. The molecule has 0 aliphatic carbocycles. The molecule has 112 valence electrons. The molecule has 0 saturated heterocycles. The number of aromatic amines is 1. The molecule has 0 saturated carbocycles. The Bertz CT molecular complexity index is 829.